The molecule has 1 unspecified atom stereocenters. The average molecular weight is 234 g/mol. The van der Waals surface area contributed by atoms with Crippen LogP contribution in [0.5, 0.6) is 0 Å². The molecule has 1 aliphatic rings. The third kappa shape index (κ3) is 6.71. The normalized spacial score (nSPS) is 18.7. The Morgan fingerprint density at radius 3 is 2.29 bits per heavy atom. The predicted molar refractivity (Wildman–Crippen MR) is 78.2 cm³/mol. The van der Waals surface area contributed by atoms with Crippen LogP contribution in [0.2, 0.25) is 0 Å². The van der Waals surface area contributed by atoms with Crippen LogP contribution < -0.4 is 0 Å². The highest BCUT2D eigenvalue weighted by Gasteiger charge is 2.08. The van der Waals surface area contributed by atoms with E-state index in [4.69, 9.17) is 0 Å². The van der Waals surface area contributed by atoms with Gasteiger partial charge in [0.15, 0.2) is 0 Å². The fourth-order valence-corrected chi connectivity index (χ4v) is 2.54. The minimum Gasteiger partial charge on any atom is -0.0773 e. The number of hydrogen-bond donors (Lipinski definition) is 0. The first-order valence-corrected chi connectivity index (χ1v) is 7.75. The van der Waals surface area contributed by atoms with Crippen LogP contribution in [0.1, 0.15) is 78.1 Å². The second-order valence-corrected chi connectivity index (χ2v) is 5.42. The van der Waals surface area contributed by atoms with Gasteiger partial charge in [-0.1, -0.05) is 82.6 Å². The molecule has 0 aromatic rings. The minimum absolute atomic E-state index is 0.757. The van der Waals surface area contributed by atoms with Crippen molar-refractivity contribution in [3.8, 4) is 0 Å². The molecule has 0 radical (unpaired) electrons. The molecule has 0 aliphatic heterocycles. The molecule has 0 aromatic heterocycles. The van der Waals surface area contributed by atoms with E-state index in [1.54, 1.807) is 5.57 Å². The molecule has 0 heterocycles. The standard InChI is InChI=1S/C17H30/c1-3-5-7-9-11-16-13-14-17(15-16)12-10-8-6-4-2/h13-16H,3-12H2,1-2H3. The van der Waals surface area contributed by atoms with Gasteiger partial charge in [-0.25, -0.2) is 0 Å². The Bertz CT molecular complexity index is 234. The smallest absolute Gasteiger partial charge is 0.00445 e. The van der Waals surface area contributed by atoms with Gasteiger partial charge in [0, 0.05) is 0 Å². The molecule has 98 valence electrons. The van der Waals surface area contributed by atoms with Crippen molar-refractivity contribution in [2.75, 3.05) is 0 Å². The molecule has 0 saturated carbocycles. The van der Waals surface area contributed by atoms with Crippen molar-refractivity contribution in [1.29, 1.82) is 0 Å². The molecule has 1 rings (SSSR count). The van der Waals surface area contributed by atoms with Gasteiger partial charge in [0.25, 0.3) is 0 Å². The average Bonchev–Trinajstić information content (AvgIpc) is 2.78. The van der Waals surface area contributed by atoms with Crippen LogP contribution in [0.15, 0.2) is 23.8 Å². The van der Waals surface area contributed by atoms with Gasteiger partial charge in [-0.05, 0) is 25.2 Å². The van der Waals surface area contributed by atoms with E-state index in [2.05, 4.69) is 32.1 Å². The maximum atomic E-state index is 2.51. The molecule has 0 heteroatoms. The molecule has 1 aliphatic carbocycles. The van der Waals surface area contributed by atoms with Crippen molar-refractivity contribution in [2.24, 2.45) is 5.92 Å². The fourth-order valence-electron chi connectivity index (χ4n) is 2.54. The summed E-state index contributed by atoms with van der Waals surface area (Å²) >= 11 is 0. The van der Waals surface area contributed by atoms with Crippen molar-refractivity contribution < 1.29 is 0 Å². The molecule has 0 fully saturated rings. The molecule has 17 heavy (non-hydrogen) atoms. The van der Waals surface area contributed by atoms with E-state index >= 15 is 0 Å². The van der Waals surface area contributed by atoms with Crippen LogP contribution in [-0.2, 0) is 0 Å². The maximum absolute atomic E-state index is 2.51. The van der Waals surface area contributed by atoms with Gasteiger partial charge in [-0.3, -0.25) is 0 Å². The summed E-state index contributed by atoms with van der Waals surface area (Å²) in [6.07, 6.45) is 21.1. The third-order valence-electron chi connectivity index (χ3n) is 3.70. The molecular weight excluding hydrogens is 204 g/mol. The van der Waals surface area contributed by atoms with Gasteiger partial charge >= 0.3 is 0 Å². The topological polar surface area (TPSA) is 0 Å². The van der Waals surface area contributed by atoms with Crippen LogP contribution in [0, 0.1) is 5.92 Å². The quantitative estimate of drug-likeness (QED) is 0.404. The zero-order valence-electron chi connectivity index (χ0n) is 11.9. The first-order valence-electron chi connectivity index (χ1n) is 7.75. The third-order valence-corrected chi connectivity index (χ3v) is 3.70. The Hall–Kier alpha value is -0.520. The molecule has 0 bridgehead atoms. The summed E-state index contributed by atoms with van der Waals surface area (Å²) < 4.78 is 0. The minimum atomic E-state index is 0.757. The summed E-state index contributed by atoms with van der Waals surface area (Å²) in [5, 5.41) is 0. The highest BCUT2D eigenvalue weighted by atomic mass is 14.1. The van der Waals surface area contributed by atoms with Crippen LogP contribution in [-0.4, -0.2) is 0 Å². The number of unbranched alkanes of at least 4 members (excludes halogenated alkanes) is 6. The molecular formula is C17H30. The van der Waals surface area contributed by atoms with Gasteiger partial charge in [0.1, 0.15) is 0 Å². The van der Waals surface area contributed by atoms with Gasteiger partial charge in [-0.2, -0.15) is 0 Å². The molecule has 0 nitrogen and oxygen atoms in total. The van der Waals surface area contributed by atoms with E-state index in [1.807, 2.05) is 0 Å². The van der Waals surface area contributed by atoms with Crippen LogP contribution in [0.25, 0.3) is 0 Å². The summed E-state index contributed by atoms with van der Waals surface area (Å²) in [5.41, 5.74) is 1.60. The highest BCUT2D eigenvalue weighted by molar-refractivity contribution is 5.28. The predicted octanol–water partition coefficient (Wildman–Crippen LogP) is 6.04. The van der Waals surface area contributed by atoms with E-state index in [9.17, 15) is 0 Å². The number of rotatable bonds is 10. The summed E-state index contributed by atoms with van der Waals surface area (Å²) in [6, 6.07) is 0. The Labute approximate surface area is 108 Å². The molecule has 0 saturated heterocycles. The van der Waals surface area contributed by atoms with E-state index in [1.165, 1.54) is 64.2 Å². The second-order valence-electron chi connectivity index (χ2n) is 5.42. The summed E-state index contributed by atoms with van der Waals surface area (Å²) in [6.45, 7) is 4.56. The lowest BCUT2D eigenvalue weighted by molar-refractivity contribution is 0.591. The highest BCUT2D eigenvalue weighted by Crippen LogP contribution is 2.25. The Balaban J connectivity index is 2.07. The van der Waals surface area contributed by atoms with Crippen LogP contribution >= 0.6 is 0 Å². The van der Waals surface area contributed by atoms with Crippen molar-refractivity contribution in [2.45, 2.75) is 78.1 Å². The Kier molecular flexibility index (Phi) is 8.13. The van der Waals surface area contributed by atoms with Crippen molar-refractivity contribution >= 4 is 0 Å². The largest absolute Gasteiger partial charge is 0.0773 e. The zero-order chi connectivity index (χ0) is 12.3. The Morgan fingerprint density at radius 1 is 0.882 bits per heavy atom. The SMILES string of the molecule is CCCCCCC1=CC(CCCCCC)C=C1. The number of allylic oxidation sites excluding steroid dienone is 4. The lowest BCUT2D eigenvalue weighted by Gasteiger charge is -2.04. The van der Waals surface area contributed by atoms with Crippen molar-refractivity contribution in [3.05, 3.63) is 23.8 Å². The van der Waals surface area contributed by atoms with E-state index in [-0.39, 0.29) is 0 Å². The second kappa shape index (κ2) is 9.50. The fraction of sp³-hybridized carbons (Fsp3) is 0.765. The zero-order valence-corrected chi connectivity index (χ0v) is 11.9. The van der Waals surface area contributed by atoms with Crippen LogP contribution in [0.4, 0.5) is 0 Å². The molecule has 0 N–H and O–H groups in total. The van der Waals surface area contributed by atoms with E-state index in [0.717, 1.165) is 5.92 Å². The first-order chi connectivity index (χ1) is 8.36. The molecule has 0 aromatic carbocycles. The maximum Gasteiger partial charge on any atom is -0.00445 e. The van der Waals surface area contributed by atoms with Gasteiger partial charge < -0.3 is 0 Å². The van der Waals surface area contributed by atoms with E-state index in [0.29, 0.717) is 0 Å². The van der Waals surface area contributed by atoms with Gasteiger partial charge in [-0.15, -0.1) is 0 Å². The molecule has 0 spiro atoms. The Morgan fingerprint density at radius 2 is 1.59 bits per heavy atom. The molecule has 1 atom stereocenters. The van der Waals surface area contributed by atoms with Crippen molar-refractivity contribution in [1.82, 2.24) is 0 Å². The van der Waals surface area contributed by atoms with E-state index < -0.39 is 0 Å². The first kappa shape index (κ1) is 14.5. The molecule has 0 amide bonds. The van der Waals surface area contributed by atoms with Crippen LogP contribution in [0.3, 0.4) is 0 Å². The van der Waals surface area contributed by atoms with Gasteiger partial charge in [0.2, 0.25) is 0 Å². The summed E-state index contributed by atoms with van der Waals surface area (Å²) in [5.74, 6) is 0.757. The summed E-state index contributed by atoms with van der Waals surface area (Å²) in [7, 11) is 0. The monoisotopic (exact) mass is 234 g/mol. The van der Waals surface area contributed by atoms with Crippen molar-refractivity contribution in [3.63, 3.8) is 0 Å². The lowest BCUT2D eigenvalue weighted by Crippen LogP contribution is -1.89. The lowest BCUT2D eigenvalue weighted by atomic mass is 10.0. The summed E-state index contributed by atoms with van der Waals surface area (Å²) in [4.78, 5) is 0. The number of hydrogen-bond acceptors (Lipinski definition) is 0. The van der Waals surface area contributed by atoms with Gasteiger partial charge in [0.05, 0.1) is 0 Å².